The minimum absolute atomic E-state index is 0.211. The number of amides is 1. The molecule has 5 heteroatoms. The van der Waals surface area contributed by atoms with Gasteiger partial charge in [0.25, 0.3) is 5.91 Å². The number of hydrogen-bond donors (Lipinski definition) is 1. The summed E-state index contributed by atoms with van der Waals surface area (Å²) in [5.74, 6) is -0.211. The second-order valence-corrected chi connectivity index (χ2v) is 4.98. The van der Waals surface area contributed by atoms with Crippen molar-refractivity contribution >= 4 is 29.1 Å². The molecular weight excluding hydrogens is 258 g/mol. The fourth-order valence-electron chi connectivity index (χ4n) is 1.49. The van der Waals surface area contributed by atoms with E-state index in [-0.39, 0.29) is 5.91 Å². The van der Waals surface area contributed by atoms with Gasteiger partial charge in [-0.05, 0) is 41.1 Å². The lowest BCUT2D eigenvalue weighted by atomic mass is 10.2. The number of hydrogen-bond acceptors (Lipinski definition) is 4. The zero-order valence-corrected chi connectivity index (χ0v) is 11.6. The van der Waals surface area contributed by atoms with Gasteiger partial charge >= 0.3 is 0 Å². The normalized spacial score (nSPS) is 10.6. The Hall–Kier alpha value is -2.14. The number of rotatable bonds is 4. The molecule has 0 saturated heterocycles. The lowest BCUT2D eigenvalue weighted by Gasteiger charge is -2.12. The summed E-state index contributed by atoms with van der Waals surface area (Å²) in [6.45, 7) is 0. The van der Waals surface area contributed by atoms with E-state index in [9.17, 15) is 4.79 Å². The SMILES string of the molecule is CN(C)c1ccc(C(=O)N/N=C\c2ccsc2)cc1. The maximum absolute atomic E-state index is 11.8. The van der Waals surface area contributed by atoms with Crippen LogP contribution in [-0.4, -0.2) is 26.2 Å². The number of nitrogens with zero attached hydrogens (tertiary/aromatic N) is 2. The smallest absolute Gasteiger partial charge is 0.271 e. The molecule has 0 radical (unpaired) electrons. The van der Waals surface area contributed by atoms with Gasteiger partial charge in [0, 0.05) is 30.9 Å². The predicted octanol–water partition coefficient (Wildman–Crippen LogP) is 2.58. The van der Waals surface area contributed by atoms with Crippen LogP contribution in [0.2, 0.25) is 0 Å². The minimum atomic E-state index is -0.211. The first-order valence-electron chi connectivity index (χ1n) is 5.80. The van der Waals surface area contributed by atoms with E-state index in [0.717, 1.165) is 11.3 Å². The van der Waals surface area contributed by atoms with Crippen molar-refractivity contribution < 1.29 is 4.79 Å². The van der Waals surface area contributed by atoms with Crippen molar-refractivity contribution in [2.75, 3.05) is 19.0 Å². The van der Waals surface area contributed by atoms with E-state index in [1.54, 1.807) is 29.7 Å². The van der Waals surface area contributed by atoms with Crippen molar-refractivity contribution in [1.82, 2.24) is 5.43 Å². The molecule has 1 heterocycles. The summed E-state index contributed by atoms with van der Waals surface area (Å²) < 4.78 is 0. The molecule has 0 aliphatic heterocycles. The van der Waals surface area contributed by atoms with Crippen LogP contribution in [0.1, 0.15) is 15.9 Å². The lowest BCUT2D eigenvalue weighted by molar-refractivity contribution is 0.0955. The third-order valence-corrected chi connectivity index (χ3v) is 3.27. The number of nitrogens with one attached hydrogen (secondary N) is 1. The van der Waals surface area contributed by atoms with Gasteiger partial charge in [0.1, 0.15) is 0 Å². The molecule has 0 fully saturated rings. The topological polar surface area (TPSA) is 44.7 Å². The highest BCUT2D eigenvalue weighted by molar-refractivity contribution is 7.08. The van der Waals surface area contributed by atoms with Crippen LogP contribution in [0.25, 0.3) is 0 Å². The fraction of sp³-hybridized carbons (Fsp3) is 0.143. The van der Waals surface area contributed by atoms with Gasteiger partial charge in [0.2, 0.25) is 0 Å². The average Bonchev–Trinajstić information content (AvgIpc) is 2.92. The summed E-state index contributed by atoms with van der Waals surface area (Å²) in [5, 5.41) is 7.84. The fourth-order valence-corrected chi connectivity index (χ4v) is 2.10. The minimum Gasteiger partial charge on any atom is -0.378 e. The average molecular weight is 273 g/mol. The first kappa shape index (κ1) is 13.3. The van der Waals surface area contributed by atoms with Crippen molar-refractivity contribution in [3.8, 4) is 0 Å². The molecule has 0 aliphatic carbocycles. The van der Waals surface area contributed by atoms with Crippen molar-refractivity contribution in [3.05, 3.63) is 52.2 Å². The van der Waals surface area contributed by atoms with Crippen molar-refractivity contribution in [2.24, 2.45) is 5.10 Å². The Labute approximate surface area is 116 Å². The van der Waals surface area contributed by atoms with Gasteiger partial charge in [-0.1, -0.05) is 0 Å². The summed E-state index contributed by atoms with van der Waals surface area (Å²) in [6, 6.07) is 9.30. The van der Waals surface area contributed by atoms with Crippen LogP contribution in [-0.2, 0) is 0 Å². The van der Waals surface area contributed by atoms with Gasteiger partial charge in [-0.2, -0.15) is 16.4 Å². The van der Waals surface area contributed by atoms with Gasteiger partial charge in [-0.15, -0.1) is 0 Å². The van der Waals surface area contributed by atoms with E-state index in [2.05, 4.69) is 10.5 Å². The van der Waals surface area contributed by atoms with E-state index >= 15 is 0 Å². The highest BCUT2D eigenvalue weighted by Crippen LogP contribution is 2.12. The molecule has 19 heavy (non-hydrogen) atoms. The van der Waals surface area contributed by atoms with Crippen molar-refractivity contribution in [1.29, 1.82) is 0 Å². The summed E-state index contributed by atoms with van der Waals surface area (Å²) >= 11 is 1.59. The van der Waals surface area contributed by atoms with Crippen LogP contribution in [0.3, 0.4) is 0 Å². The Morgan fingerprint density at radius 1 is 1.26 bits per heavy atom. The number of carbonyl (C=O) groups is 1. The largest absolute Gasteiger partial charge is 0.378 e. The Morgan fingerprint density at radius 2 is 2.00 bits per heavy atom. The molecule has 0 bridgehead atoms. The molecule has 4 nitrogen and oxygen atoms in total. The van der Waals surface area contributed by atoms with E-state index in [1.165, 1.54) is 0 Å². The Kier molecular flexibility index (Phi) is 4.30. The Bertz CT molecular complexity index is 559. The summed E-state index contributed by atoms with van der Waals surface area (Å²) in [4.78, 5) is 13.8. The number of carbonyl (C=O) groups excluding carboxylic acids is 1. The van der Waals surface area contributed by atoms with Crippen molar-refractivity contribution in [2.45, 2.75) is 0 Å². The van der Waals surface area contributed by atoms with E-state index < -0.39 is 0 Å². The molecule has 98 valence electrons. The number of hydrazone groups is 1. The highest BCUT2D eigenvalue weighted by Gasteiger charge is 2.04. The second kappa shape index (κ2) is 6.15. The third-order valence-electron chi connectivity index (χ3n) is 2.57. The van der Waals surface area contributed by atoms with Gasteiger partial charge in [0.05, 0.1) is 6.21 Å². The zero-order chi connectivity index (χ0) is 13.7. The molecular formula is C14H15N3OS. The second-order valence-electron chi connectivity index (χ2n) is 4.20. The molecule has 0 unspecified atom stereocenters. The van der Waals surface area contributed by atoms with Gasteiger partial charge < -0.3 is 4.90 Å². The monoisotopic (exact) mass is 273 g/mol. The number of anilines is 1. The van der Waals surface area contributed by atoms with E-state index in [4.69, 9.17) is 0 Å². The molecule has 0 aliphatic rings. The molecule has 1 N–H and O–H groups in total. The van der Waals surface area contributed by atoms with Crippen molar-refractivity contribution in [3.63, 3.8) is 0 Å². The molecule has 1 aromatic heterocycles. The first-order valence-corrected chi connectivity index (χ1v) is 6.74. The highest BCUT2D eigenvalue weighted by atomic mass is 32.1. The molecule has 0 saturated carbocycles. The van der Waals surface area contributed by atoms with Crippen LogP contribution in [0.4, 0.5) is 5.69 Å². The summed E-state index contributed by atoms with van der Waals surface area (Å²) in [7, 11) is 3.92. The van der Waals surface area contributed by atoms with E-state index in [0.29, 0.717) is 5.56 Å². The summed E-state index contributed by atoms with van der Waals surface area (Å²) in [6.07, 6.45) is 1.63. The van der Waals surface area contributed by atoms with Crippen LogP contribution in [0.5, 0.6) is 0 Å². The predicted molar refractivity (Wildman–Crippen MR) is 80.1 cm³/mol. The molecule has 0 spiro atoms. The van der Waals surface area contributed by atoms with Crippen LogP contribution in [0, 0.1) is 0 Å². The summed E-state index contributed by atoms with van der Waals surface area (Å²) in [5.41, 5.74) is 5.13. The third kappa shape index (κ3) is 3.66. The lowest BCUT2D eigenvalue weighted by Crippen LogP contribution is -2.17. The quantitative estimate of drug-likeness (QED) is 0.687. The van der Waals surface area contributed by atoms with Gasteiger partial charge in [0.15, 0.2) is 0 Å². The number of benzene rings is 1. The molecule has 2 rings (SSSR count). The first-order chi connectivity index (χ1) is 9.16. The Balaban J connectivity index is 1.96. The molecule has 1 aromatic carbocycles. The maximum Gasteiger partial charge on any atom is 0.271 e. The zero-order valence-electron chi connectivity index (χ0n) is 10.8. The van der Waals surface area contributed by atoms with Crippen LogP contribution in [0.15, 0.2) is 46.2 Å². The standard InChI is InChI=1S/C14H15N3OS/c1-17(2)13-5-3-12(4-6-13)14(18)16-15-9-11-7-8-19-10-11/h3-10H,1-2H3,(H,16,18)/b15-9-. The molecule has 2 aromatic rings. The maximum atomic E-state index is 11.8. The number of thiophene rings is 1. The van der Waals surface area contributed by atoms with E-state index in [1.807, 2.05) is 48.0 Å². The van der Waals surface area contributed by atoms with Gasteiger partial charge in [-0.3, -0.25) is 4.79 Å². The molecule has 1 amide bonds. The van der Waals surface area contributed by atoms with Crippen LogP contribution < -0.4 is 10.3 Å². The molecule has 0 atom stereocenters. The van der Waals surface area contributed by atoms with Crippen LogP contribution >= 0.6 is 11.3 Å². The van der Waals surface area contributed by atoms with Gasteiger partial charge in [-0.25, -0.2) is 5.43 Å². The Morgan fingerprint density at radius 3 is 2.58 bits per heavy atom.